The zero-order chi connectivity index (χ0) is 23.9. The molecule has 4 aromatic rings. The van der Waals surface area contributed by atoms with Crippen LogP contribution in [0, 0.1) is 0 Å². The maximum absolute atomic E-state index is 13.5. The predicted molar refractivity (Wildman–Crippen MR) is 138 cm³/mol. The molecule has 0 amide bonds. The van der Waals surface area contributed by atoms with Crippen LogP contribution in [-0.2, 0) is 0 Å². The van der Waals surface area contributed by atoms with Crippen LogP contribution in [0.1, 0.15) is 56.7 Å². The van der Waals surface area contributed by atoms with Crippen LogP contribution in [0.5, 0.6) is 0 Å². The van der Waals surface area contributed by atoms with Gasteiger partial charge in [0.25, 0.3) is 0 Å². The number of ketones is 2. The number of carbonyl (C=O) groups excluding carboxylic acids is 2. The second kappa shape index (κ2) is 8.67. The highest BCUT2D eigenvalue weighted by atomic mass is 16.3. The van der Waals surface area contributed by atoms with Crippen LogP contribution in [0.4, 0.5) is 5.88 Å². The molecule has 3 heterocycles. The summed E-state index contributed by atoms with van der Waals surface area (Å²) >= 11 is 0. The van der Waals surface area contributed by atoms with E-state index in [0.717, 1.165) is 30.5 Å². The minimum Gasteiger partial charge on any atom is -0.440 e. The van der Waals surface area contributed by atoms with Gasteiger partial charge in [-0.3, -0.25) is 14.5 Å². The topological polar surface area (TPSA) is 76.5 Å². The normalized spacial score (nSPS) is 17.8. The number of hydrogen-bond acceptors (Lipinski definition) is 5. The van der Waals surface area contributed by atoms with Crippen molar-refractivity contribution in [2.45, 2.75) is 25.3 Å². The molecule has 1 fully saturated rings. The largest absolute Gasteiger partial charge is 0.440 e. The van der Waals surface area contributed by atoms with Gasteiger partial charge in [0.2, 0.25) is 0 Å². The number of benzene rings is 3. The lowest BCUT2D eigenvalue weighted by molar-refractivity contribution is 0.103. The lowest BCUT2D eigenvalue weighted by Crippen LogP contribution is -2.32. The Morgan fingerprint density at radius 3 is 2.37 bits per heavy atom. The fourth-order valence-electron chi connectivity index (χ4n) is 5.45. The highest BCUT2D eigenvalue weighted by molar-refractivity contribution is 6.14. The van der Waals surface area contributed by atoms with E-state index in [1.54, 1.807) is 42.5 Å². The third-order valence-electron chi connectivity index (χ3n) is 7.25. The fraction of sp³-hybridized carbons (Fsp3) is 0.200. The highest BCUT2D eigenvalue weighted by Gasteiger charge is 2.30. The SMILES string of the molecule is Nc1oc2ccc(C(=O)c3cccc(C(=O)c4ccccc4)c3)cc2c1C1=CCN2CCCC2C1. The molecule has 1 atom stereocenters. The summed E-state index contributed by atoms with van der Waals surface area (Å²) in [6, 6.07) is 22.0. The Hall–Kier alpha value is -3.96. The van der Waals surface area contributed by atoms with Crippen LogP contribution in [0.25, 0.3) is 16.5 Å². The number of nitrogen functional groups attached to an aromatic ring is 1. The molecule has 5 nitrogen and oxygen atoms in total. The molecule has 35 heavy (non-hydrogen) atoms. The molecule has 6 rings (SSSR count). The second-order valence-corrected chi connectivity index (χ2v) is 9.38. The van der Waals surface area contributed by atoms with Crippen LogP contribution in [0.2, 0.25) is 0 Å². The molecule has 3 aromatic carbocycles. The molecule has 2 aliphatic heterocycles. The smallest absolute Gasteiger partial charge is 0.199 e. The maximum atomic E-state index is 13.5. The number of furan rings is 1. The van der Waals surface area contributed by atoms with E-state index >= 15 is 0 Å². The standard InChI is InChI=1S/C30H26N2O3/c31-30-27(20-13-15-32-14-5-10-24(32)17-20)25-18-23(11-12-26(25)35-30)29(34)22-9-4-8-21(16-22)28(33)19-6-2-1-3-7-19/h1-4,6-9,11-13,16,18,24H,5,10,14-15,17,31H2. The Kier molecular flexibility index (Phi) is 5.34. The molecular formula is C30H26N2O3. The van der Waals surface area contributed by atoms with Gasteiger partial charge in [-0.25, -0.2) is 0 Å². The Balaban J connectivity index is 1.34. The van der Waals surface area contributed by atoms with E-state index in [1.807, 2.05) is 30.3 Å². The average Bonchev–Trinajstić information content (AvgIpc) is 3.50. The number of rotatable bonds is 5. The highest BCUT2D eigenvalue weighted by Crippen LogP contribution is 2.40. The fourth-order valence-corrected chi connectivity index (χ4v) is 5.45. The van der Waals surface area contributed by atoms with E-state index in [-0.39, 0.29) is 11.6 Å². The van der Waals surface area contributed by atoms with Crippen molar-refractivity contribution >= 4 is 34.0 Å². The minimum atomic E-state index is -0.139. The van der Waals surface area contributed by atoms with E-state index < -0.39 is 0 Å². The Labute approximate surface area is 203 Å². The van der Waals surface area contributed by atoms with Gasteiger partial charge in [-0.05, 0) is 55.6 Å². The van der Waals surface area contributed by atoms with Crippen molar-refractivity contribution < 1.29 is 14.0 Å². The van der Waals surface area contributed by atoms with Crippen LogP contribution in [0.3, 0.4) is 0 Å². The summed E-state index contributed by atoms with van der Waals surface area (Å²) in [5, 5.41) is 0.863. The van der Waals surface area contributed by atoms with Crippen molar-refractivity contribution in [1.82, 2.24) is 4.90 Å². The van der Waals surface area contributed by atoms with Gasteiger partial charge in [-0.2, -0.15) is 0 Å². The number of hydrogen-bond donors (Lipinski definition) is 1. The molecule has 174 valence electrons. The third-order valence-corrected chi connectivity index (χ3v) is 7.25. The molecule has 2 N–H and O–H groups in total. The van der Waals surface area contributed by atoms with E-state index in [2.05, 4.69) is 11.0 Å². The molecule has 1 unspecified atom stereocenters. The number of nitrogens with two attached hydrogens (primary N) is 1. The van der Waals surface area contributed by atoms with Crippen molar-refractivity contribution in [3.8, 4) is 0 Å². The van der Waals surface area contributed by atoms with Crippen molar-refractivity contribution in [1.29, 1.82) is 0 Å². The predicted octanol–water partition coefficient (Wildman–Crippen LogP) is 5.73. The maximum Gasteiger partial charge on any atom is 0.199 e. The first kappa shape index (κ1) is 21.6. The number of nitrogens with zero attached hydrogens (tertiary/aromatic N) is 1. The first-order valence-corrected chi connectivity index (χ1v) is 12.1. The van der Waals surface area contributed by atoms with Crippen molar-refractivity contribution in [3.05, 3.63) is 107 Å². The van der Waals surface area contributed by atoms with Crippen LogP contribution in [0.15, 0.2) is 83.3 Å². The quantitative estimate of drug-likeness (QED) is 0.384. The third kappa shape index (κ3) is 3.88. The monoisotopic (exact) mass is 462 g/mol. The van der Waals surface area contributed by atoms with E-state index in [1.165, 1.54) is 18.4 Å². The van der Waals surface area contributed by atoms with E-state index in [0.29, 0.717) is 39.8 Å². The molecule has 0 aliphatic carbocycles. The summed E-state index contributed by atoms with van der Waals surface area (Å²) in [5.41, 5.74) is 11.2. The molecule has 1 saturated heterocycles. The van der Waals surface area contributed by atoms with Crippen LogP contribution < -0.4 is 5.73 Å². The van der Waals surface area contributed by atoms with E-state index in [9.17, 15) is 9.59 Å². The Bertz CT molecular complexity index is 1480. The van der Waals surface area contributed by atoms with Crippen molar-refractivity contribution in [3.63, 3.8) is 0 Å². The average molecular weight is 463 g/mol. The molecule has 1 aromatic heterocycles. The lowest BCUT2D eigenvalue weighted by Gasteiger charge is -2.29. The van der Waals surface area contributed by atoms with Gasteiger partial charge in [0.05, 0.1) is 0 Å². The number of fused-ring (bicyclic) bond motifs is 2. The zero-order valence-corrected chi connectivity index (χ0v) is 19.4. The molecule has 2 aliphatic rings. The van der Waals surface area contributed by atoms with Gasteiger partial charge in [0.15, 0.2) is 17.5 Å². The summed E-state index contributed by atoms with van der Waals surface area (Å²) in [6.07, 6.45) is 5.63. The summed E-state index contributed by atoms with van der Waals surface area (Å²) in [4.78, 5) is 28.9. The molecule has 0 spiro atoms. The molecule has 0 radical (unpaired) electrons. The summed E-state index contributed by atoms with van der Waals surface area (Å²) in [7, 11) is 0. The molecular weight excluding hydrogens is 436 g/mol. The van der Waals surface area contributed by atoms with Crippen molar-refractivity contribution in [2.24, 2.45) is 0 Å². The molecule has 0 saturated carbocycles. The van der Waals surface area contributed by atoms with Gasteiger partial charge < -0.3 is 10.2 Å². The van der Waals surface area contributed by atoms with Gasteiger partial charge in [-0.15, -0.1) is 0 Å². The van der Waals surface area contributed by atoms with Crippen LogP contribution in [-0.4, -0.2) is 35.6 Å². The number of carbonyl (C=O) groups is 2. The van der Waals surface area contributed by atoms with Crippen LogP contribution >= 0.6 is 0 Å². The summed E-state index contributed by atoms with van der Waals surface area (Å²) in [5.74, 6) is 0.156. The van der Waals surface area contributed by atoms with Gasteiger partial charge >= 0.3 is 0 Å². The zero-order valence-electron chi connectivity index (χ0n) is 19.4. The Morgan fingerprint density at radius 2 is 1.57 bits per heavy atom. The second-order valence-electron chi connectivity index (χ2n) is 9.38. The summed E-state index contributed by atoms with van der Waals surface area (Å²) < 4.78 is 5.87. The lowest BCUT2D eigenvalue weighted by atomic mass is 9.92. The van der Waals surface area contributed by atoms with Gasteiger partial charge in [0.1, 0.15) is 5.58 Å². The summed E-state index contributed by atoms with van der Waals surface area (Å²) in [6.45, 7) is 2.08. The number of anilines is 1. The minimum absolute atomic E-state index is 0.106. The van der Waals surface area contributed by atoms with Gasteiger partial charge in [-0.1, -0.05) is 54.6 Å². The van der Waals surface area contributed by atoms with Crippen molar-refractivity contribution in [2.75, 3.05) is 18.8 Å². The molecule has 5 heteroatoms. The van der Waals surface area contributed by atoms with E-state index in [4.69, 9.17) is 10.2 Å². The Morgan fingerprint density at radius 1 is 0.857 bits per heavy atom. The first-order chi connectivity index (χ1) is 17.1. The van der Waals surface area contributed by atoms with Gasteiger partial charge in [0, 0.05) is 45.8 Å². The first-order valence-electron chi connectivity index (χ1n) is 12.1. The molecule has 0 bridgehead atoms.